The Kier molecular flexibility index (Phi) is 4.54. The molecule has 1 N–H and O–H groups in total. The molecule has 2 aliphatic rings. The summed E-state index contributed by atoms with van der Waals surface area (Å²) in [5.74, 6) is 0.672. The molecule has 136 valence electrons. The molecule has 2 aromatic heterocycles. The lowest BCUT2D eigenvalue weighted by Gasteiger charge is -2.51. The van der Waals surface area contributed by atoms with Gasteiger partial charge in [-0.3, -0.25) is 4.90 Å². The van der Waals surface area contributed by atoms with Gasteiger partial charge >= 0.3 is 0 Å². The summed E-state index contributed by atoms with van der Waals surface area (Å²) >= 11 is 1.74. The van der Waals surface area contributed by atoms with Gasteiger partial charge in [-0.1, -0.05) is 32.1 Å². The quantitative estimate of drug-likeness (QED) is 0.908. The van der Waals surface area contributed by atoms with Crippen molar-refractivity contribution in [2.24, 2.45) is 5.92 Å². The zero-order valence-corrected chi connectivity index (χ0v) is 16.3. The zero-order chi connectivity index (χ0) is 17.4. The van der Waals surface area contributed by atoms with E-state index in [1.54, 1.807) is 11.3 Å². The van der Waals surface area contributed by atoms with Crippen molar-refractivity contribution in [3.8, 4) is 0 Å². The second kappa shape index (κ2) is 6.68. The van der Waals surface area contributed by atoms with Crippen LogP contribution in [0.1, 0.15) is 50.0 Å². The van der Waals surface area contributed by atoms with Gasteiger partial charge in [0.15, 0.2) is 0 Å². The maximum atomic E-state index is 4.77. The lowest BCUT2D eigenvalue weighted by molar-refractivity contribution is 0.0342. The molecular formula is C18H28N6S. The van der Waals surface area contributed by atoms with Crippen molar-refractivity contribution in [1.82, 2.24) is 25.1 Å². The van der Waals surface area contributed by atoms with Crippen molar-refractivity contribution >= 4 is 16.5 Å². The van der Waals surface area contributed by atoms with Gasteiger partial charge in [0, 0.05) is 38.3 Å². The summed E-state index contributed by atoms with van der Waals surface area (Å²) in [7, 11) is 0. The Hall–Kier alpha value is -1.47. The van der Waals surface area contributed by atoms with Gasteiger partial charge in [0.25, 0.3) is 0 Å². The van der Waals surface area contributed by atoms with Crippen LogP contribution < -0.4 is 4.90 Å². The van der Waals surface area contributed by atoms with Gasteiger partial charge in [0.2, 0.25) is 5.13 Å². The molecular weight excluding hydrogens is 332 g/mol. The van der Waals surface area contributed by atoms with Crippen molar-refractivity contribution < 1.29 is 0 Å². The predicted molar refractivity (Wildman–Crippen MR) is 101 cm³/mol. The summed E-state index contributed by atoms with van der Waals surface area (Å²) in [6.07, 6.45) is 6.16. The Labute approximate surface area is 153 Å². The third kappa shape index (κ3) is 2.97. The first-order valence-corrected chi connectivity index (χ1v) is 10.3. The summed E-state index contributed by atoms with van der Waals surface area (Å²) in [5.41, 5.74) is 2.73. The van der Waals surface area contributed by atoms with Crippen LogP contribution in [0.25, 0.3) is 0 Å². The van der Waals surface area contributed by atoms with E-state index in [2.05, 4.69) is 45.8 Å². The average molecular weight is 361 g/mol. The molecule has 4 rings (SSSR count). The van der Waals surface area contributed by atoms with Gasteiger partial charge in [-0.05, 0) is 25.2 Å². The zero-order valence-electron chi connectivity index (χ0n) is 15.5. The van der Waals surface area contributed by atoms with Crippen LogP contribution in [0.3, 0.4) is 0 Å². The number of nitrogens with one attached hydrogen (secondary N) is 1. The minimum absolute atomic E-state index is 0.0899. The van der Waals surface area contributed by atoms with E-state index in [-0.39, 0.29) is 5.54 Å². The molecule has 0 saturated carbocycles. The van der Waals surface area contributed by atoms with Crippen molar-refractivity contribution in [3.05, 3.63) is 22.7 Å². The maximum Gasteiger partial charge on any atom is 0.208 e. The van der Waals surface area contributed by atoms with Gasteiger partial charge < -0.3 is 9.88 Å². The first-order chi connectivity index (χ1) is 12.1. The molecule has 0 atom stereocenters. The summed E-state index contributed by atoms with van der Waals surface area (Å²) in [6, 6.07) is 0. The molecule has 7 heteroatoms. The Morgan fingerprint density at radius 2 is 2.04 bits per heavy atom. The number of aryl methyl sites for hydroxylation is 1. The third-order valence-corrected chi connectivity index (χ3v) is 6.73. The highest BCUT2D eigenvalue weighted by molar-refractivity contribution is 7.15. The molecule has 6 nitrogen and oxygen atoms in total. The van der Waals surface area contributed by atoms with Crippen LogP contribution in [0.5, 0.6) is 0 Å². The number of anilines is 1. The minimum Gasteiger partial charge on any atom is -0.348 e. The number of rotatable bonds is 4. The van der Waals surface area contributed by atoms with Crippen molar-refractivity contribution in [3.63, 3.8) is 0 Å². The number of hydrogen-bond acceptors (Lipinski definition) is 6. The monoisotopic (exact) mass is 360 g/mol. The van der Waals surface area contributed by atoms with E-state index in [9.17, 15) is 0 Å². The van der Waals surface area contributed by atoms with Crippen LogP contribution in [0.15, 0.2) is 6.33 Å². The minimum atomic E-state index is 0.0899. The van der Waals surface area contributed by atoms with E-state index in [1.165, 1.54) is 11.4 Å². The standard InChI is InChI=1S/C18H28N6S/c1-4-15-21-22-17(25-15)23-9-6-18(7-10-23)16-14(19-12-20-16)5-8-24(18)11-13(2)3/h12-13H,4-11H2,1-3H3,(H,19,20). The number of aromatic amines is 1. The molecule has 25 heavy (non-hydrogen) atoms. The lowest BCUT2D eigenvalue weighted by atomic mass is 9.78. The normalized spacial score (nSPS) is 20.4. The van der Waals surface area contributed by atoms with Crippen LogP contribution >= 0.6 is 11.3 Å². The Bertz CT molecular complexity index is 713. The molecule has 0 aliphatic carbocycles. The number of hydrogen-bond donors (Lipinski definition) is 1. The number of fused-ring (bicyclic) bond motifs is 2. The first-order valence-electron chi connectivity index (χ1n) is 9.47. The summed E-state index contributed by atoms with van der Waals surface area (Å²) in [5, 5.41) is 10.9. The fourth-order valence-electron chi connectivity index (χ4n) is 4.37. The summed E-state index contributed by atoms with van der Waals surface area (Å²) in [6.45, 7) is 11.1. The molecule has 0 bridgehead atoms. The molecule has 2 aromatic rings. The van der Waals surface area contributed by atoms with Crippen molar-refractivity contribution in [2.45, 2.75) is 52.0 Å². The molecule has 4 heterocycles. The van der Waals surface area contributed by atoms with Gasteiger partial charge in [-0.25, -0.2) is 4.98 Å². The maximum absolute atomic E-state index is 4.77. The second-order valence-corrected chi connectivity index (χ2v) is 8.71. The number of piperidine rings is 1. The lowest BCUT2D eigenvalue weighted by Crippen LogP contribution is -2.57. The Balaban J connectivity index is 1.58. The first kappa shape index (κ1) is 17.0. The number of H-pyrrole nitrogens is 1. The van der Waals surface area contributed by atoms with Crippen molar-refractivity contribution in [2.75, 3.05) is 31.1 Å². The SMILES string of the molecule is CCc1nnc(N2CCC3(CC2)c2nc[nH]c2CCN3CC(C)C)s1. The van der Waals surface area contributed by atoms with E-state index < -0.39 is 0 Å². The Morgan fingerprint density at radius 3 is 2.72 bits per heavy atom. The topological polar surface area (TPSA) is 60.9 Å². The van der Waals surface area contributed by atoms with Gasteiger partial charge in [0.1, 0.15) is 5.01 Å². The molecule has 1 saturated heterocycles. The predicted octanol–water partition coefficient (Wildman–Crippen LogP) is 2.83. The van der Waals surface area contributed by atoms with Crippen LogP contribution in [-0.2, 0) is 18.4 Å². The number of aromatic nitrogens is 4. The largest absolute Gasteiger partial charge is 0.348 e. The average Bonchev–Trinajstić information content (AvgIpc) is 3.27. The van der Waals surface area contributed by atoms with Gasteiger partial charge in [-0.15, -0.1) is 10.2 Å². The number of nitrogens with zero attached hydrogens (tertiary/aromatic N) is 5. The van der Waals surface area contributed by atoms with Crippen LogP contribution in [0, 0.1) is 5.92 Å². The molecule has 0 aromatic carbocycles. The van der Waals surface area contributed by atoms with E-state index in [1.807, 2.05) is 6.33 Å². The fraction of sp³-hybridized carbons (Fsp3) is 0.722. The van der Waals surface area contributed by atoms with Gasteiger partial charge in [-0.2, -0.15) is 0 Å². The second-order valence-electron chi connectivity index (χ2n) is 7.67. The van der Waals surface area contributed by atoms with Crippen molar-refractivity contribution in [1.29, 1.82) is 0 Å². The van der Waals surface area contributed by atoms with E-state index in [0.29, 0.717) is 5.92 Å². The fourth-order valence-corrected chi connectivity index (χ4v) is 5.20. The van der Waals surface area contributed by atoms with Crippen LogP contribution in [0.4, 0.5) is 5.13 Å². The molecule has 0 amide bonds. The molecule has 2 aliphatic heterocycles. The summed E-state index contributed by atoms with van der Waals surface area (Å²) in [4.78, 5) is 13.3. The number of imidazole rings is 1. The Morgan fingerprint density at radius 1 is 1.24 bits per heavy atom. The summed E-state index contributed by atoms with van der Waals surface area (Å²) < 4.78 is 0. The van der Waals surface area contributed by atoms with Crippen LogP contribution in [-0.4, -0.2) is 51.2 Å². The molecule has 1 fully saturated rings. The molecule has 0 radical (unpaired) electrons. The van der Waals surface area contributed by atoms with Gasteiger partial charge in [0.05, 0.1) is 17.6 Å². The van der Waals surface area contributed by atoms with E-state index >= 15 is 0 Å². The highest BCUT2D eigenvalue weighted by Crippen LogP contribution is 2.43. The molecule has 1 spiro atoms. The van der Waals surface area contributed by atoms with E-state index in [0.717, 1.165) is 62.0 Å². The van der Waals surface area contributed by atoms with E-state index in [4.69, 9.17) is 4.98 Å². The highest BCUT2D eigenvalue weighted by atomic mass is 32.1. The van der Waals surface area contributed by atoms with Crippen LogP contribution in [0.2, 0.25) is 0 Å². The third-order valence-electron chi connectivity index (χ3n) is 5.60. The smallest absolute Gasteiger partial charge is 0.208 e. The molecule has 0 unspecified atom stereocenters. The highest BCUT2D eigenvalue weighted by Gasteiger charge is 2.46.